The quantitative estimate of drug-likeness (QED) is 0.807. The normalized spacial score (nSPS) is 25.6. The zero-order valence-corrected chi connectivity index (χ0v) is 14.8. The first-order valence-electron chi connectivity index (χ1n) is 8.36. The van der Waals surface area contributed by atoms with E-state index in [1.807, 2.05) is 27.7 Å². The highest BCUT2D eigenvalue weighted by Gasteiger charge is 2.46. The number of rotatable bonds is 2. The summed E-state index contributed by atoms with van der Waals surface area (Å²) in [5.74, 6) is 0.115. The van der Waals surface area contributed by atoms with Crippen LogP contribution in [-0.2, 0) is 15.9 Å². The minimum absolute atomic E-state index is 0.115. The summed E-state index contributed by atoms with van der Waals surface area (Å²) in [5, 5.41) is 0. The van der Waals surface area contributed by atoms with Crippen LogP contribution in [0, 0.1) is 0 Å². The van der Waals surface area contributed by atoms with Gasteiger partial charge in [0.25, 0.3) is 0 Å². The lowest BCUT2D eigenvalue weighted by Crippen LogP contribution is -2.53. The number of benzene rings is 1. The van der Waals surface area contributed by atoms with Gasteiger partial charge in [-0.15, -0.1) is 0 Å². The SMILES string of the molecule is C[C@@H]1CO[C@H]2Cc3cc(OC(F)F)ccc3[C@H]2N1C(=O)OC(C)(C)C. The Balaban J connectivity index is 1.90. The zero-order valence-electron chi connectivity index (χ0n) is 14.8. The second-order valence-electron chi connectivity index (χ2n) is 7.50. The van der Waals surface area contributed by atoms with Crippen LogP contribution < -0.4 is 4.74 Å². The highest BCUT2D eigenvalue weighted by atomic mass is 19.3. The molecule has 5 nitrogen and oxygen atoms in total. The van der Waals surface area contributed by atoms with Crippen molar-refractivity contribution >= 4 is 6.09 Å². The van der Waals surface area contributed by atoms with E-state index in [0.717, 1.165) is 11.1 Å². The number of morpholine rings is 1. The van der Waals surface area contributed by atoms with E-state index in [2.05, 4.69) is 4.74 Å². The highest BCUT2D eigenvalue weighted by Crippen LogP contribution is 2.43. The Morgan fingerprint density at radius 2 is 2.08 bits per heavy atom. The Labute approximate surface area is 145 Å². The molecular weight excluding hydrogens is 332 g/mol. The Bertz CT molecular complexity index is 659. The van der Waals surface area contributed by atoms with Crippen LogP contribution in [0.2, 0.25) is 0 Å². The van der Waals surface area contributed by atoms with Gasteiger partial charge in [-0.3, -0.25) is 4.90 Å². The number of fused-ring (bicyclic) bond motifs is 3. The number of hydrogen-bond donors (Lipinski definition) is 0. The molecule has 138 valence electrons. The Morgan fingerprint density at radius 1 is 1.36 bits per heavy atom. The number of nitrogens with zero attached hydrogens (tertiary/aromatic N) is 1. The van der Waals surface area contributed by atoms with Crippen LogP contribution in [0.5, 0.6) is 5.75 Å². The molecule has 3 rings (SSSR count). The predicted molar refractivity (Wildman–Crippen MR) is 86.8 cm³/mol. The molecule has 0 bridgehead atoms. The van der Waals surface area contributed by atoms with E-state index in [4.69, 9.17) is 9.47 Å². The lowest BCUT2D eigenvalue weighted by Gasteiger charge is -2.42. The largest absolute Gasteiger partial charge is 0.444 e. The summed E-state index contributed by atoms with van der Waals surface area (Å²) in [7, 11) is 0. The monoisotopic (exact) mass is 355 g/mol. The van der Waals surface area contributed by atoms with Crippen LogP contribution in [0.25, 0.3) is 0 Å². The van der Waals surface area contributed by atoms with E-state index in [9.17, 15) is 13.6 Å². The van der Waals surface area contributed by atoms with Crippen molar-refractivity contribution in [2.24, 2.45) is 0 Å². The molecule has 1 aromatic rings. The molecule has 1 fully saturated rings. The third-order valence-corrected chi connectivity index (χ3v) is 4.36. The maximum atomic E-state index is 12.7. The average molecular weight is 355 g/mol. The number of alkyl halides is 2. The van der Waals surface area contributed by atoms with Crippen molar-refractivity contribution in [2.75, 3.05) is 6.61 Å². The average Bonchev–Trinajstić information content (AvgIpc) is 2.82. The summed E-state index contributed by atoms with van der Waals surface area (Å²) in [4.78, 5) is 14.4. The summed E-state index contributed by atoms with van der Waals surface area (Å²) >= 11 is 0. The fraction of sp³-hybridized carbons (Fsp3) is 0.611. The number of amides is 1. The molecule has 0 saturated carbocycles. The minimum Gasteiger partial charge on any atom is -0.444 e. The van der Waals surface area contributed by atoms with Gasteiger partial charge in [0.15, 0.2) is 0 Å². The molecule has 1 aliphatic carbocycles. The van der Waals surface area contributed by atoms with Crippen LogP contribution in [0.3, 0.4) is 0 Å². The van der Waals surface area contributed by atoms with Crippen LogP contribution in [0.1, 0.15) is 44.9 Å². The minimum atomic E-state index is -2.86. The third kappa shape index (κ3) is 3.71. The third-order valence-electron chi connectivity index (χ3n) is 4.36. The summed E-state index contributed by atoms with van der Waals surface area (Å²) in [6.07, 6.45) is -0.0495. The lowest BCUT2D eigenvalue weighted by molar-refractivity contribution is -0.0938. The fourth-order valence-corrected chi connectivity index (χ4v) is 3.46. The first kappa shape index (κ1) is 17.9. The van der Waals surface area contributed by atoms with Gasteiger partial charge in [0, 0.05) is 6.42 Å². The molecule has 1 aromatic carbocycles. The van der Waals surface area contributed by atoms with Crippen molar-refractivity contribution in [2.45, 2.75) is 64.5 Å². The Hall–Kier alpha value is -1.89. The van der Waals surface area contributed by atoms with Crippen molar-refractivity contribution in [3.8, 4) is 5.75 Å². The zero-order chi connectivity index (χ0) is 18.4. The smallest absolute Gasteiger partial charge is 0.411 e. The summed E-state index contributed by atoms with van der Waals surface area (Å²) < 4.78 is 40.8. The molecule has 0 N–H and O–H groups in total. The molecule has 1 saturated heterocycles. The van der Waals surface area contributed by atoms with Crippen LogP contribution >= 0.6 is 0 Å². The van der Waals surface area contributed by atoms with Gasteiger partial charge in [-0.2, -0.15) is 8.78 Å². The summed E-state index contributed by atoms with van der Waals surface area (Å²) in [5.41, 5.74) is 1.15. The maximum Gasteiger partial charge on any atom is 0.411 e. The number of hydrogen-bond acceptors (Lipinski definition) is 4. The second-order valence-corrected chi connectivity index (χ2v) is 7.50. The fourth-order valence-electron chi connectivity index (χ4n) is 3.46. The van der Waals surface area contributed by atoms with Gasteiger partial charge in [-0.25, -0.2) is 4.79 Å². The molecule has 0 aromatic heterocycles. The van der Waals surface area contributed by atoms with Crippen molar-refractivity contribution in [3.63, 3.8) is 0 Å². The molecule has 1 heterocycles. The Morgan fingerprint density at radius 3 is 2.72 bits per heavy atom. The van der Waals surface area contributed by atoms with E-state index in [1.165, 1.54) is 6.07 Å². The second kappa shape index (κ2) is 6.44. The van der Waals surface area contributed by atoms with Gasteiger partial charge in [-0.1, -0.05) is 6.07 Å². The van der Waals surface area contributed by atoms with E-state index in [1.54, 1.807) is 17.0 Å². The highest BCUT2D eigenvalue weighted by molar-refractivity contribution is 5.70. The van der Waals surface area contributed by atoms with Crippen LogP contribution in [-0.4, -0.2) is 42.0 Å². The standard InChI is InChI=1S/C18H23F2NO4/c1-10-9-23-14-8-11-7-12(24-16(19)20)5-6-13(11)15(14)21(10)17(22)25-18(2,3)4/h5-7,10,14-16H,8-9H2,1-4H3/t10-,14+,15-/m1/s1. The van der Waals surface area contributed by atoms with Crippen LogP contribution in [0.4, 0.5) is 13.6 Å². The molecule has 0 radical (unpaired) electrons. The Kier molecular flexibility index (Phi) is 4.62. The van der Waals surface area contributed by atoms with E-state index >= 15 is 0 Å². The predicted octanol–water partition coefficient (Wildman–Crippen LogP) is 3.91. The molecule has 3 atom stereocenters. The first-order chi connectivity index (χ1) is 11.7. The molecular formula is C18H23F2NO4. The summed E-state index contributed by atoms with van der Waals surface area (Å²) in [6.45, 7) is 4.93. The number of ether oxygens (including phenoxy) is 3. The number of carbonyl (C=O) groups excluding carboxylic acids is 1. The van der Waals surface area contributed by atoms with Gasteiger partial charge in [0.05, 0.1) is 24.8 Å². The van der Waals surface area contributed by atoms with Crippen molar-refractivity contribution in [1.82, 2.24) is 4.90 Å². The molecule has 25 heavy (non-hydrogen) atoms. The topological polar surface area (TPSA) is 48.0 Å². The maximum absolute atomic E-state index is 12.7. The van der Waals surface area contributed by atoms with Crippen LogP contribution in [0.15, 0.2) is 18.2 Å². The lowest BCUT2D eigenvalue weighted by atomic mass is 10.0. The van der Waals surface area contributed by atoms with Gasteiger partial charge in [-0.05, 0) is 51.0 Å². The van der Waals surface area contributed by atoms with Gasteiger partial charge < -0.3 is 14.2 Å². The molecule has 2 aliphatic rings. The summed E-state index contributed by atoms with van der Waals surface area (Å²) in [6, 6.07) is 4.41. The first-order valence-corrected chi connectivity index (χ1v) is 8.36. The van der Waals surface area contributed by atoms with E-state index in [-0.39, 0.29) is 30.0 Å². The van der Waals surface area contributed by atoms with Crippen molar-refractivity contribution in [1.29, 1.82) is 0 Å². The molecule has 1 aliphatic heterocycles. The number of halogens is 2. The van der Waals surface area contributed by atoms with Gasteiger partial charge in [0.2, 0.25) is 0 Å². The van der Waals surface area contributed by atoms with Gasteiger partial charge >= 0.3 is 12.7 Å². The number of carbonyl (C=O) groups is 1. The van der Waals surface area contributed by atoms with E-state index in [0.29, 0.717) is 13.0 Å². The van der Waals surface area contributed by atoms with Crippen molar-refractivity contribution < 1.29 is 27.8 Å². The molecule has 0 spiro atoms. The molecule has 0 unspecified atom stereocenters. The molecule has 1 amide bonds. The van der Waals surface area contributed by atoms with E-state index < -0.39 is 12.2 Å². The van der Waals surface area contributed by atoms with Gasteiger partial charge in [0.1, 0.15) is 11.4 Å². The van der Waals surface area contributed by atoms with Crippen molar-refractivity contribution in [3.05, 3.63) is 29.3 Å². The molecule has 7 heteroatoms.